The number of pyridine rings is 1. The minimum Gasteiger partial charge on any atom is -0.368 e. The van der Waals surface area contributed by atoms with Gasteiger partial charge in [0.25, 0.3) is 5.91 Å². The minimum absolute atomic E-state index is 0.0290. The first-order valence-corrected chi connectivity index (χ1v) is 9.97. The highest BCUT2D eigenvalue weighted by Crippen LogP contribution is 2.29. The highest BCUT2D eigenvalue weighted by atomic mass is 16.5. The van der Waals surface area contributed by atoms with E-state index in [1.165, 1.54) is 0 Å². The molecule has 150 valence electrons. The van der Waals surface area contributed by atoms with Crippen LogP contribution in [0.25, 0.3) is 11.3 Å². The molecule has 1 fully saturated rings. The van der Waals surface area contributed by atoms with Gasteiger partial charge in [-0.25, -0.2) is 4.98 Å². The summed E-state index contributed by atoms with van der Waals surface area (Å²) in [6.07, 6.45) is 0.489. The molecule has 1 saturated heterocycles. The summed E-state index contributed by atoms with van der Waals surface area (Å²) in [5, 5.41) is 4.08. The molecule has 1 aliphatic heterocycles. The Morgan fingerprint density at radius 1 is 1.21 bits per heavy atom. The maximum atomic E-state index is 12.9. The highest BCUT2D eigenvalue weighted by molar-refractivity contribution is 5.94. The van der Waals surface area contributed by atoms with Crippen LogP contribution in [0.4, 0.5) is 0 Å². The van der Waals surface area contributed by atoms with Gasteiger partial charge in [-0.15, -0.1) is 0 Å². The largest absolute Gasteiger partial charge is 0.368 e. The number of morpholine rings is 1. The molecule has 3 heterocycles. The normalized spacial score (nSPS) is 16.8. The summed E-state index contributed by atoms with van der Waals surface area (Å²) in [5.74, 6) is 0.856. The smallest absolute Gasteiger partial charge is 0.254 e. The van der Waals surface area contributed by atoms with Crippen molar-refractivity contribution in [1.29, 1.82) is 0 Å². The third kappa shape index (κ3) is 3.93. The highest BCUT2D eigenvalue weighted by Gasteiger charge is 2.27. The molecule has 0 bridgehead atoms. The molecule has 4 rings (SSSR count). The minimum atomic E-state index is -0.261. The van der Waals surface area contributed by atoms with Gasteiger partial charge in [0, 0.05) is 18.5 Å². The Morgan fingerprint density at radius 3 is 2.83 bits per heavy atom. The maximum absolute atomic E-state index is 12.9. The van der Waals surface area contributed by atoms with Crippen LogP contribution in [0, 0.1) is 13.8 Å². The molecule has 6 heteroatoms. The zero-order valence-corrected chi connectivity index (χ0v) is 17.0. The van der Waals surface area contributed by atoms with Crippen LogP contribution in [-0.2, 0) is 11.2 Å². The second-order valence-corrected chi connectivity index (χ2v) is 7.35. The van der Waals surface area contributed by atoms with Gasteiger partial charge in [0.2, 0.25) is 0 Å². The Bertz CT molecular complexity index is 1030. The number of ether oxygens (including phenoxy) is 1. The molecule has 1 aliphatic rings. The van der Waals surface area contributed by atoms with Crippen LogP contribution in [0.1, 0.15) is 46.1 Å². The molecule has 1 amide bonds. The van der Waals surface area contributed by atoms with Crippen LogP contribution in [0.5, 0.6) is 0 Å². The molecular weight excluding hydrogens is 366 g/mol. The summed E-state index contributed by atoms with van der Waals surface area (Å²) in [4.78, 5) is 19.6. The Morgan fingerprint density at radius 2 is 2.03 bits per heavy atom. The number of hydrogen-bond acceptors (Lipinski definition) is 5. The first-order valence-electron chi connectivity index (χ1n) is 9.97. The number of nitrogens with zero attached hydrogens (tertiary/aromatic N) is 3. The Hall–Kier alpha value is -2.99. The fourth-order valence-corrected chi connectivity index (χ4v) is 3.73. The summed E-state index contributed by atoms with van der Waals surface area (Å²) in [5.41, 5.74) is 5.19. The Labute approximate surface area is 170 Å². The quantitative estimate of drug-likeness (QED) is 0.669. The number of amides is 1. The van der Waals surface area contributed by atoms with Gasteiger partial charge in [0.05, 0.1) is 35.8 Å². The van der Waals surface area contributed by atoms with Gasteiger partial charge in [-0.3, -0.25) is 4.79 Å². The number of aryl methyl sites for hydroxylation is 3. The fraction of sp³-hybridized carbons (Fsp3) is 0.348. The molecule has 1 atom stereocenters. The summed E-state index contributed by atoms with van der Waals surface area (Å²) in [6.45, 7) is 7.49. The fourth-order valence-electron chi connectivity index (χ4n) is 3.73. The lowest BCUT2D eigenvalue weighted by atomic mass is 10.1. The summed E-state index contributed by atoms with van der Waals surface area (Å²) in [7, 11) is 0. The maximum Gasteiger partial charge on any atom is 0.254 e. The van der Waals surface area contributed by atoms with Gasteiger partial charge in [-0.1, -0.05) is 35.8 Å². The summed E-state index contributed by atoms with van der Waals surface area (Å²) in [6, 6.07) is 13.6. The third-order valence-electron chi connectivity index (χ3n) is 5.23. The monoisotopic (exact) mass is 391 g/mol. The molecular formula is C23H25N3O3. The number of carbonyl (C=O) groups is 1. The van der Waals surface area contributed by atoms with Crippen molar-refractivity contribution in [1.82, 2.24) is 15.0 Å². The molecule has 0 aliphatic carbocycles. The van der Waals surface area contributed by atoms with Gasteiger partial charge < -0.3 is 14.2 Å². The molecule has 29 heavy (non-hydrogen) atoms. The number of hydrogen-bond donors (Lipinski definition) is 0. The lowest BCUT2D eigenvalue weighted by Gasteiger charge is -2.33. The number of benzene rings is 1. The SMILES string of the molecule is CCc1onc(C)c1-c1cccc([C@H]2CN(C(=O)c3cccc(C)c3)CCO2)n1. The molecule has 0 saturated carbocycles. The average Bonchev–Trinajstić information content (AvgIpc) is 3.14. The van der Waals surface area contributed by atoms with Crippen molar-refractivity contribution in [3.05, 3.63) is 70.7 Å². The Balaban J connectivity index is 1.57. The summed E-state index contributed by atoms with van der Waals surface area (Å²) < 4.78 is 11.4. The zero-order chi connectivity index (χ0) is 20.4. The predicted octanol–water partition coefficient (Wildman–Crippen LogP) is 4.13. The van der Waals surface area contributed by atoms with Crippen molar-refractivity contribution in [2.75, 3.05) is 19.7 Å². The van der Waals surface area contributed by atoms with E-state index in [-0.39, 0.29) is 12.0 Å². The molecule has 1 aromatic carbocycles. The standard InChI is InChI=1S/C23H25N3O3/c1-4-20-22(16(3)25-29-20)19-10-6-9-18(24-19)21-14-26(11-12-28-21)23(27)17-8-5-7-15(2)13-17/h5-10,13,21H,4,11-12,14H2,1-3H3/t21-/m1/s1. The first-order chi connectivity index (χ1) is 14.1. The second kappa shape index (κ2) is 8.17. The second-order valence-electron chi connectivity index (χ2n) is 7.35. The molecule has 0 unspecified atom stereocenters. The number of rotatable bonds is 4. The molecule has 2 aromatic heterocycles. The van der Waals surface area contributed by atoms with E-state index in [1.807, 2.05) is 68.1 Å². The number of carbonyl (C=O) groups excluding carboxylic acids is 1. The average molecular weight is 391 g/mol. The molecule has 0 spiro atoms. The van der Waals surface area contributed by atoms with Crippen LogP contribution >= 0.6 is 0 Å². The van der Waals surface area contributed by atoms with E-state index in [1.54, 1.807) is 0 Å². The predicted molar refractivity (Wildman–Crippen MR) is 110 cm³/mol. The van der Waals surface area contributed by atoms with Gasteiger partial charge in [0.1, 0.15) is 11.9 Å². The number of aromatic nitrogens is 2. The van der Waals surface area contributed by atoms with E-state index in [0.717, 1.165) is 40.4 Å². The van der Waals surface area contributed by atoms with Crippen molar-refractivity contribution >= 4 is 5.91 Å². The van der Waals surface area contributed by atoms with Crippen LogP contribution in [0.15, 0.2) is 47.0 Å². The Kier molecular flexibility index (Phi) is 5.45. The van der Waals surface area contributed by atoms with Gasteiger partial charge in [-0.05, 0) is 38.1 Å². The van der Waals surface area contributed by atoms with Crippen LogP contribution < -0.4 is 0 Å². The van der Waals surface area contributed by atoms with Crippen molar-refractivity contribution < 1.29 is 14.1 Å². The van der Waals surface area contributed by atoms with Crippen molar-refractivity contribution in [2.24, 2.45) is 0 Å². The van der Waals surface area contributed by atoms with Gasteiger partial charge in [0.15, 0.2) is 0 Å². The van der Waals surface area contributed by atoms with E-state index in [2.05, 4.69) is 5.16 Å². The van der Waals surface area contributed by atoms with E-state index in [0.29, 0.717) is 25.3 Å². The van der Waals surface area contributed by atoms with Crippen LogP contribution in [0.2, 0.25) is 0 Å². The molecule has 3 aromatic rings. The van der Waals surface area contributed by atoms with E-state index >= 15 is 0 Å². The molecule has 6 nitrogen and oxygen atoms in total. The van der Waals surface area contributed by atoms with Crippen molar-refractivity contribution in [2.45, 2.75) is 33.3 Å². The van der Waals surface area contributed by atoms with Crippen molar-refractivity contribution in [3.63, 3.8) is 0 Å². The van der Waals surface area contributed by atoms with E-state index < -0.39 is 0 Å². The lowest BCUT2D eigenvalue weighted by Crippen LogP contribution is -2.42. The third-order valence-corrected chi connectivity index (χ3v) is 5.23. The molecule has 0 radical (unpaired) electrons. The van der Waals surface area contributed by atoms with Gasteiger partial charge in [-0.2, -0.15) is 0 Å². The van der Waals surface area contributed by atoms with Crippen LogP contribution in [-0.4, -0.2) is 40.6 Å². The van der Waals surface area contributed by atoms with E-state index in [9.17, 15) is 4.79 Å². The zero-order valence-electron chi connectivity index (χ0n) is 17.0. The lowest BCUT2D eigenvalue weighted by molar-refractivity contribution is -0.0246. The first kappa shape index (κ1) is 19.3. The van der Waals surface area contributed by atoms with E-state index in [4.69, 9.17) is 14.2 Å². The van der Waals surface area contributed by atoms with Crippen LogP contribution in [0.3, 0.4) is 0 Å². The topological polar surface area (TPSA) is 68.5 Å². The summed E-state index contributed by atoms with van der Waals surface area (Å²) >= 11 is 0. The van der Waals surface area contributed by atoms with Crippen molar-refractivity contribution in [3.8, 4) is 11.3 Å². The van der Waals surface area contributed by atoms with Gasteiger partial charge >= 0.3 is 0 Å². The molecule has 0 N–H and O–H groups in total.